The monoisotopic (exact) mass is 474 g/mol. The molecular formula is C23H23FN2O4S2. The highest BCUT2D eigenvalue weighted by Gasteiger charge is 2.29. The fraction of sp³-hybridized carbons (Fsp3) is 0.174. The van der Waals surface area contributed by atoms with Gasteiger partial charge in [-0.2, -0.15) is 0 Å². The number of thioether (sulfide) groups is 1. The number of methoxy groups -OCH3 is 1. The number of anilines is 1. The van der Waals surface area contributed by atoms with E-state index in [4.69, 9.17) is 4.74 Å². The molecule has 9 heteroatoms. The highest BCUT2D eigenvalue weighted by molar-refractivity contribution is 7.99. The molecule has 0 atom stereocenters. The molecule has 32 heavy (non-hydrogen) atoms. The van der Waals surface area contributed by atoms with Crippen molar-refractivity contribution in [3.8, 4) is 5.75 Å². The van der Waals surface area contributed by atoms with E-state index >= 15 is 0 Å². The van der Waals surface area contributed by atoms with E-state index in [-0.39, 0.29) is 10.6 Å². The molecule has 0 spiro atoms. The first-order valence-corrected chi connectivity index (χ1v) is 12.2. The standard InChI is InChI=1S/C23H23FN2O4S2/c1-30-18-11-13-20(14-12-18)32(28,29)26(22-10-6-5-9-21(22)24)17-23(27)25-15-16-31-19-7-3-2-4-8-19/h2-14H,15-17H2,1H3,(H,25,27). The molecule has 3 aromatic carbocycles. The number of benzene rings is 3. The number of hydrogen-bond donors (Lipinski definition) is 1. The topological polar surface area (TPSA) is 75.7 Å². The zero-order valence-electron chi connectivity index (χ0n) is 17.4. The van der Waals surface area contributed by atoms with E-state index in [1.54, 1.807) is 11.8 Å². The van der Waals surface area contributed by atoms with Gasteiger partial charge in [0.15, 0.2) is 0 Å². The van der Waals surface area contributed by atoms with Gasteiger partial charge in [0.25, 0.3) is 10.0 Å². The summed E-state index contributed by atoms with van der Waals surface area (Å²) in [6.45, 7) is -0.211. The maximum absolute atomic E-state index is 14.5. The first-order valence-electron chi connectivity index (χ1n) is 9.77. The van der Waals surface area contributed by atoms with Crippen LogP contribution in [-0.4, -0.2) is 40.3 Å². The predicted molar refractivity (Wildman–Crippen MR) is 124 cm³/mol. The van der Waals surface area contributed by atoms with Crippen LogP contribution in [0.15, 0.2) is 88.7 Å². The molecule has 0 aromatic heterocycles. The molecule has 0 aliphatic heterocycles. The van der Waals surface area contributed by atoms with Crippen molar-refractivity contribution in [3.05, 3.63) is 84.7 Å². The number of carbonyl (C=O) groups is 1. The molecule has 0 unspecified atom stereocenters. The molecule has 0 radical (unpaired) electrons. The quantitative estimate of drug-likeness (QED) is 0.356. The van der Waals surface area contributed by atoms with E-state index < -0.39 is 28.3 Å². The van der Waals surface area contributed by atoms with Gasteiger partial charge in [0.05, 0.1) is 17.7 Å². The number of hydrogen-bond acceptors (Lipinski definition) is 5. The van der Waals surface area contributed by atoms with Crippen molar-refractivity contribution in [2.24, 2.45) is 0 Å². The van der Waals surface area contributed by atoms with Gasteiger partial charge in [-0.05, 0) is 48.5 Å². The lowest BCUT2D eigenvalue weighted by molar-refractivity contribution is -0.119. The van der Waals surface area contributed by atoms with E-state index in [0.29, 0.717) is 18.0 Å². The fourth-order valence-electron chi connectivity index (χ4n) is 2.89. The summed E-state index contributed by atoms with van der Waals surface area (Å²) in [4.78, 5) is 13.6. The molecule has 0 saturated heterocycles. The molecule has 168 valence electrons. The van der Waals surface area contributed by atoms with Crippen molar-refractivity contribution in [2.75, 3.05) is 30.3 Å². The Morgan fingerprint density at radius 2 is 1.66 bits per heavy atom. The number of para-hydroxylation sites is 1. The Morgan fingerprint density at radius 1 is 1.00 bits per heavy atom. The lowest BCUT2D eigenvalue weighted by Crippen LogP contribution is -2.41. The largest absolute Gasteiger partial charge is 0.497 e. The summed E-state index contributed by atoms with van der Waals surface area (Å²) in [6.07, 6.45) is 0. The average Bonchev–Trinajstić information content (AvgIpc) is 2.81. The van der Waals surface area contributed by atoms with Crippen LogP contribution >= 0.6 is 11.8 Å². The number of nitrogens with one attached hydrogen (secondary N) is 1. The van der Waals surface area contributed by atoms with Crippen molar-refractivity contribution in [2.45, 2.75) is 9.79 Å². The molecule has 3 aromatic rings. The van der Waals surface area contributed by atoms with Gasteiger partial charge in [0, 0.05) is 17.2 Å². The van der Waals surface area contributed by atoms with Crippen LogP contribution in [0.3, 0.4) is 0 Å². The molecule has 0 heterocycles. The van der Waals surface area contributed by atoms with Crippen molar-refractivity contribution in [3.63, 3.8) is 0 Å². The summed E-state index contributed by atoms with van der Waals surface area (Å²) >= 11 is 1.57. The van der Waals surface area contributed by atoms with E-state index in [0.717, 1.165) is 15.3 Å². The summed E-state index contributed by atoms with van der Waals surface area (Å²) in [5.41, 5.74) is -0.197. The summed E-state index contributed by atoms with van der Waals surface area (Å²) in [5.74, 6) is -0.174. The lowest BCUT2D eigenvalue weighted by atomic mass is 10.3. The molecule has 3 rings (SSSR count). The highest BCUT2D eigenvalue weighted by Crippen LogP contribution is 2.27. The Hall–Kier alpha value is -3.04. The first kappa shape index (κ1) is 23.6. The first-order chi connectivity index (χ1) is 15.4. The number of nitrogens with zero attached hydrogens (tertiary/aromatic N) is 1. The Labute approximate surface area is 191 Å². The van der Waals surface area contributed by atoms with E-state index in [9.17, 15) is 17.6 Å². The molecule has 0 bridgehead atoms. The summed E-state index contributed by atoms with van der Waals surface area (Å²) in [5, 5.41) is 2.71. The van der Waals surface area contributed by atoms with Gasteiger partial charge >= 0.3 is 0 Å². The van der Waals surface area contributed by atoms with E-state index in [2.05, 4.69) is 5.32 Å². The molecule has 1 N–H and O–H groups in total. The second-order valence-corrected chi connectivity index (χ2v) is 9.68. The zero-order valence-corrected chi connectivity index (χ0v) is 19.0. The van der Waals surface area contributed by atoms with Gasteiger partial charge in [0.1, 0.15) is 18.1 Å². The van der Waals surface area contributed by atoms with Crippen molar-refractivity contribution < 1.29 is 22.3 Å². The van der Waals surface area contributed by atoms with E-state index in [1.807, 2.05) is 30.3 Å². The minimum absolute atomic E-state index is 0.0750. The van der Waals surface area contributed by atoms with Crippen LogP contribution < -0.4 is 14.4 Å². The van der Waals surface area contributed by atoms with Gasteiger partial charge in [-0.3, -0.25) is 9.10 Å². The molecule has 1 amide bonds. The molecule has 0 aliphatic rings. The molecular weight excluding hydrogens is 451 g/mol. The zero-order chi connectivity index (χ0) is 23.0. The van der Waals surface area contributed by atoms with Crippen LogP contribution in [0.4, 0.5) is 10.1 Å². The van der Waals surface area contributed by atoms with Crippen LogP contribution in [0.1, 0.15) is 0 Å². The smallest absolute Gasteiger partial charge is 0.264 e. The number of amides is 1. The van der Waals surface area contributed by atoms with E-state index in [1.165, 1.54) is 49.6 Å². The summed E-state index contributed by atoms with van der Waals surface area (Å²) < 4.78 is 46.9. The third-order valence-electron chi connectivity index (χ3n) is 4.49. The van der Waals surface area contributed by atoms with Gasteiger partial charge in [-0.25, -0.2) is 12.8 Å². The number of halogens is 1. The maximum Gasteiger partial charge on any atom is 0.264 e. The van der Waals surface area contributed by atoms with Gasteiger partial charge in [-0.1, -0.05) is 30.3 Å². The van der Waals surface area contributed by atoms with Crippen LogP contribution in [0, 0.1) is 5.82 Å². The normalized spacial score (nSPS) is 11.1. The van der Waals surface area contributed by atoms with Crippen molar-refractivity contribution >= 4 is 33.4 Å². The van der Waals surface area contributed by atoms with Gasteiger partial charge in [0.2, 0.25) is 5.91 Å². The Morgan fingerprint density at radius 3 is 2.31 bits per heavy atom. The average molecular weight is 475 g/mol. The van der Waals surface area contributed by atoms with Crippen molar-refractivity contribution in [1.29, 1.82) is 0 Å². The number of rotatable bonds is 10. The van der Waals surface area contributed by atoms with Crippen molar-refractivity contribution in [1.82, 2.24) is 5.32 Å². The van der Waals surface area contributed by atoms with Crippen LogP contribution in [-0.2, 0) is 14.8 Å². The number of sulfonamides is 1. The second-order valence-electron chi connectivity index (χ2n) is 6.65. The maximum atomic E-state index is 14.5. The third-order valence-corrected chi connectivity index (χ3v) is 7.28. The molecule has 0 aliphatic carbocycles. The lowest BCUT2D eigenvalue weighted by Gasteiger charge is -2.24. The Balaban J connectivity index is 1.74. The summed E-state index contributed by atoms with van der Waals surface area (Å²) in [7, 11) is -2.73. The Kier molecular flexibility index (Phi) is 8.13. The Bertz CT molecular complexity index is 1140. The minimum Gasteiger partial charge on any atom is -0.497 e. The molecule has 0 saturated carbocycles. The number of carbonyl (C=O) groups excluding carboxylic acids is 1. The second kappa shape index (κ2) is 11.0. The van der Waals surface area contributed by atoms with Crippen LogP contribution in [0.5, 0.6) is 5.75 Å². The SMILES string of the molecule is COc1ccc(S(=O)(=O)N(CC(=O)NCCSc2ccccc2)c2ccccc2F)cc1. The highest BCUT2D eigenvalue weighted by atomic mass is 32.2. The summed E-state index contributed by atoms with van der Waals surface area (Å²) in [6, 6.07) is 20.9. The number of ether oxygens (including phenoxy) is 1. The fourth-order valence-corrected chi connectivity index (χ4v) is 5.11. The van der Waals surface area contributed by atoms with Gasteiger partial charge < -0.3 is 10.1 Å². The van der Waals surface area contributed by atoms with Crippen LogP contribution in [0.2, 0.25) is 0 Å². The predicted octanol–water partition coefficient (Wildman–Crippen LogP) is 3.94. The van der Waals surface area contributed by atoms with Crippen LogP contribution in [0.25, 0.3) is 0 Å². The third kappa shape index (κ3) is 6.02. The molecule has 6 nitrogen and oxygen atoms in total. The minimum atomic E-state index is -4.20. The van der Waals surface area contributed by atoms with Gasteiger partial charge in [-0.15, -0.1) is 11.8 Å². The molecule has 0 fully saturated rings.